The Kier molecular flexibility index (Phi) is 6.07. The third kappa shape index (κ3) is 4.63. The lowest BCUT2D eigenvalue weighted by molar-refractivity contribution is -0.116. The number of benzene rings is 1. The van der Waals surface area contributed by atoms with Gasteiger partial charge in [-0.05, 0) is 37.4 Å². The molecule has 1 N–H and O–H groups in total. The van der Waals surface area contributed by atoms with Crippen molar-refractivity contribution < 1.29 is 14.3 Å². The van der Waals surface area contributed by atoms with Gasteiger partial charge in [0.1, 0.15) is 11.5 Å². The van der Waals surface area contributed by atoms with Gasteiger partial charge in [-0.1, -0.05) is 6.92 Å². The number of likely N-dealkylation sites (tertiary alicyclic amines) is 1. The second kappa shape index (κ2) is 8.03. The van der Waals surface area contributed by atoms with Crippen molar-refractivity contribution in [1.29, 1.82) is 0 Å². The summed E-state index contributed by atoms with van der Waals surface area (Å²) < 4.78 is 10.4. The van der Waals surface area contributed by atoms with Crippen LogP contribution in [0, 0.1) is 5.92 Å². The van der Waals surface area contributed by atoms with Crippen molar-refractivity contribution in [3.05, 3.63) is 18.2 Å². The highest BCUT2D eigenvalue weighted by molar-refractivity contribution is 5.92. The van der Waals surface area contributed by atoms with Crippen molar-refractivity contribution >= 4 is 11.6 Å². The van der Waals surface area contributed by atoms with Crippen molar-refractivity contribution in [2.75, 3.05) is 39.2 Å². The highest BCUT2D eigenvalue weighted by Crippen LogP contribution is 2.29. The summed E-state index contributed by atoms with van der Waals surface area (Å²) in [6.45, 7) is 5.28. The lowest BCUT2D eigenvalue weighted by Gasteiger charge is -2.30. The first-order valence-corrected chi connectivity index (χ1v) is 7.86. The predicted molar refractivity (Wildman–Crippen MR) is 87.6 cm³/mol. The number of amides is 1. The van der Waals surface area contributed by atoms with E-state index in [1.54, 1.807) is 26.4 Å². The number of carbonyl (C=O) groups is 1. The van der Waals surface area contributed by atoms with Gasteiger partial charge in [0, 0.05) is 25.6 Å². The number of carbonyl (C=O) groups excluding carboxylic acids is 1. The molecule has 5 heteroatoms. The molecule has 1 aliphatic rings. The second-order valence-electron chi connectivity index (χ2n) is 5.91. The van der Waals surface area contributed by atoms with Crippen molar-refractivity contribution in [2.45, 2.75) is 26.2 Å². The number of hydrogen-bond acceptors (Lipinski definition) is 4. The van der Waals surface area contributed by atoms with Gasteiger partial charge in [0.2, 0.25) is 5.91 Å². The first-order valence-electron chi connectivity index (χ1n) is 7.86. The largest absolute Gasteiger partial charge is 0.497 e. The molecule has 0 aromatic heterocycles. The summed E-state index contributed by atoms with van der Waals surface area (Å²) in [5.74, 6) is 2.07. The molecule has 2 rings (SSSR count). The topological polar surface area (TPSA) is 50.8 Å². The Labute approximate surface area is 132 Å². The van der Waals surface area contributed by atoms with Crippen LogP contribution in [0.3, 0.4) is 0 Å². The van der Waals surface area contributed by atoms with Gasteiger partial charge >= 0.3 is 0 Å². The molecule has 1 amide bonds. The molecule has 0 spiro atoms. The number of methoxy groups -OCH3 is 2. The molecule has 1 heterocycles. The lowest BCUT2D eigenvalue weighted by atomic mass is 10.0. The van der Waals surface area contributed by atoms with Gasteiger partial charge in [0.15, 0.2) is 0 Å². The van der Waals surface area contributed by atoms with Crippen LogP contribution in [0.25, 0.3) is 0 Å². The van der Waals surface area contributed by atoms with E-state index in [2.05, 4.69) is 17.1 Å². The number of nitrogens with zero attached hydrogens (tertiary/aromatic N) is 1. The monoisotopic (exact) mass is 306 g/mol. The Bertz CT molecular complexity index is 505. The minimum absolute atomic E-state index is 0.0155. The number of nitrogens with one attached hydrogen (secondary N) is 1. The fraction of sp³-hybridized carbons (Fsp3) is 0.588. The minimum Gasteiger partial charge on any atom is -0.497 e. The maximum Gasteiger partial charge on any atom is 0.225 e. The highest BCUT2D eigenvalue weighted by Gasteiger charge is 2.17. The van der Waals surface area contributed by atoms with E-state index in [9.17, 15) is 4.79 Å². The Morgan fingerprint density at radius 2 is 2.18 bits per heavy atom. The summed E-state index contributed by atoms with van der Waals surface area (Å²) >= 11 is 0. The van der Waals surface area contributed by atoms with Gasteiger partial charge in [-0.2, -0.15) is 0 Å². The number of rotatable bonds is 6. The van der Waals surface area contributed by atoms with Crippen molar-refractivity contribution in [3.63, 3.8) is 0 Å². The zero-order chi connectivity index (χ0) is 15.9. The zero-order valence-corrected chi connectivity index (χ0v) is 13.7. The first kappa shape index (κ1) is 16.6. The quantitative estimate of drug-likeness (QED) is 0.878. The molecule has 1 atom stereocenters. The molecule has 5 nitrogen and oxygen atoms in total. The van der Waals surface area contributed by atoms with Crippen LogP contribution in [0.5, 0.6) is 11.5 Å². The maximum atomic E-state index is 12.1. The molecule has 1 aromatic carbocycles. The Balaban J connectivity index is 1.86. The third-order valence-electron chi connectivity index (χ3n) is 4.08. The molecule has 0 aliphatic carbocycles. The smallest absolute Gasteiger partial charge is 0.225 e. The maximum absolute atomic E-state index is 12.1. The van der Waals surface area contributed by atoms with E-state index in [0.717, 1.165) is 25.6 Å². The van der Waals surface area contributed by atoms with Gasteiger partial charge in [-0.15, -0.1) is 0 Å². The van der Waals surface area contributed by atoms with E-state index < -0.39 is 0 Å². The summed E-state index contributed by atoms with van der Waals surface area (Å²) in [7, 11) is 3.19. The van der Waals surface area contributed by atoms with E-state index >= 15 is 0 Å². The number of piperidine rings is 1. The van der Waals surface area contributed by atoms with Gasteiger partial charge in [0.05, 0.1) is 19.9 Å². The molecule has 1 fully saturated rings. The van der Waals surface area contributed by atoms with Crippen LogP contribution in [0.2, 0.25) is 0 Å². The molecule has 0 bridgehead atoms. The molecule has 0 saturated carbocycles. The SMILES string of the molecule is COc1ccc(NC(=O)CCN2CCC[C@H](C)C2)c(OC)c1. The molecule has 22 heavy (non-hydrogen) atoms. The zero-order valence-electron chi connectivity index (χ0n) is 13.7. The van der Waals surface area contributed by atoms with Crippen LogP contribution in [0.4, 0.5) is 5.69 Å². The average molecular weight is 306 g/mol. The minimum atomic E-state index is 0.0155. The third-order valence-corrected chi connectivity index (χ3v) is 4.08. The van der Waals surface area contributed by atoms with Gasteiger partial charge in [-0.25, -0.2) is 0 Å². The van der Waals surface area contributed by atoms with Crippen molar-refractivity contribution in [2.24, 2.45) is 5.92 Å². The van der Waals surface area contributed by atoms with Gasteiger partial charge in [0.25, 0.3) is 0 Å². The van der Waals surface area contributed by atoms with E-state index in [4.69, 9.17) is 9.47 Å². The van der Waals surface area contributed by atoms with Crippen LogP contribution >= 0.6 is 0 Å². The molecule has 0 radical (unpaired) electrons. The van der Waals surface area contributed by atoms with E-state index in [1.807, 2.05) is 6.07 Å². The predicted octanol–water partition coefficient (Wildman–Crippen LogP) is 2.76. The Hall–Kier alpha value is -1.75. The fourth-order valence-electron chi connectivity index (χ4n) is 2.86. The van der Waals surface area contributed by atoms with Crippen LogP contribution in [0.1, 0.15) is 26.2 Å². The Morgan fingerprint density at radius 3 is 2.86 bits per heavy atom. The molecule has 0 unspecified atom stereocenters. The van der Waals surface area contributed by atoms with Crippen LogP contribution in [-0.2, 0) is 4.79 Å². The van der Waals surface area contributed by atoms with E-state index in [0.29, 0.717) is 23.6 Å². The van der Waals surface area contributed by atoms with Crippen molar-refractivity contribution in [1.82, 2.24) is 4.90 Å². The number of anilines is 1. The van der Waals surface area contributed by atoms with Crippen LogP contribution in [-0.4, -0.2) is 44.7 Å². The first-order chi connectivity index (χ1) is 10.6. The molecule has 122 valence electrons. The van der Waals surface area contributed by atoms with Crippen LogP contribution in [0.15, 0.2) is 18.2 Å². The van der Waals surface area contributed by atoms with E-state index in [-0.39, 0.29) is 5.91 Å². The lowest BCUT2D eigenvalue weighted by Crippen LogP contribution is -2.36. The number of hydrogen-bond donors (Lipinski definition) is 1. The summed E-state index contributed by atoms with van der Waals surface area (Å²) in [5.41, 5.74) is 0.681. The summed E-state index contributed by atoms with van der Waals surface area (Å²) in [6, 6.07) is 5.38. The molecular weight excluding hydrogens is 280 g/mol. The summed E-state index contributed by atoms with van der Waals surface area (Å²) in [5, 5.41) is 2.92. The van der Waals surface area contributed by atoms with Gasteiger partial charge < -0.3 is 19.7 Å². The normalized spacial score (nSPS) is 18.8. The molecular formula is C17H26N2O3. The van der Waals surface area contributed by atoms with Crippen molar-refractivity contribution in [3.8, 4) is 11.5 Å². The Morgan fingerprint density at radius 1 is 1.36 bits per heavy atom. The standard InChI is InChI=1S/C17H26N2O3/c1-13-5-4-9-19(12-13)10-8-17(20)18-15-7-6-14(21-2)11-16(15)22-3/h6-7,11,13H,4-5,8-10,12H2,1-3H3,(H,18,20)/t13-/m0/s1. The highest BCUT2D eigenvalue weighted by atomic mass is 16.5. The average Bonchev–Trinajstić information content (AvgIpc) is 2.53. The summed E-state index contributed by atoms with van der Waals surface area (Å²) in [6.07, 6.45) is 3.03. The van der Waals surface area contributed by atoms with Gasteiger partial charge in [-0.3, -0.25) is 4.79 Å². The summed E-state index contributed by atoms with van der Waals surface area (Å²) in [4.78, 5) is 14.5. The number of ether oxygens (including phenoxy) is 2. The van der Waals surface area contributed by atoms with E-state index in [1.165, 1.54) is 12.8 Å². The van der Waals surface area contributed by atoms with Crippen LogP contribution < -0.4 is 14.8 Å². The molecule has 1 saturated heterocycles. The fourth-order valence-corrected chi connectivity index (χ4v) is 2.86. The molecule has 1 aromatic rings. The second-order valence-corrected chi connectivity index (χ2v) is 5.91. The molecule has 1 aliphatic heterocycles.